The monoisotopic (exact) mass is 319 g/mol. The Kier molecular flexibility index (Phi) is 4.57. The van der Waals surface area contributed by atoms with E-state index in [0.29, 0.717) is 24.2 Å². The molecule has 1 atom stereocenters. The molecule has 0 saturated carbocycles. The van der Waals surface area contributed by atoms with Crippen LogP contribution in [0.4, 0.5) is 0 Å². The highest BCUT2D eigenvalue weighted by Gasteiger charge is 2.33. The van der Waals surface area contributed by atoms with E-state index in [1.165, 1.54) is 12.0 Å². The lowest BCUT2D eigenvalue weighted by atomic mass is 10.0. The van der Waals surface area contributed by atoms with Crippen LogP contribution in [0, 0.1) is 11.3 Å². The van der Waals surface area contributed by atoms with Gasteiger partial charge in [-0.2, -0.15) is 5.26 Å². The Labute approximate surface area is 140 Å². The lowest BCUT2D eigenvalue weighted by Gasteiger charge is -2.18. The van der Waals surface area contributed by atoms with Crippen LogP contribution in [0.5, 0.6) is 0 Å². The number of carbonyl (C=O) groups is 1. The van der Waals surface area contributed by atoms with Gasteiger partial charge < -0.3 is 9.74 Å². The molecule has 0 spiro atoms. The Morgan fingerprint density at radius 2 is 1.83 bits per heavy atom. The predicted octanol–water partition coefficient (Wildman–Crippen LogP) is 3.09. The molecule has 120 valence electrons. The lowest BCUT2D eigenvalue weighted by molar-refractivity contribution is 0.0769. The molecule has 0 radical (unpaired) electrons. The fourth-order valence-electron chi connectivity index (χ4n) is 2.83. The highest BCUT2D eigenvalue weighted by molar-refractivity contribution is 6.01. The quantitative estimate of drug-likeness (QED) is 0.817. The van der Waals surface area contributed by atoms with Crippen molar-refractivity contribution in [3.63, 3.8) is 0 Å². The number of benzene rings is 2. The summed E-state index contributed by atoms with van der Waals surface area (Å²) in [5.41, 5.74) is 3.42. The van der Waals surface area contributed by atoms with Crippen LogP contribution in [0.3, 0.4) is 0 Å². The van der Waals surface area contributed by atoms with Crippen molar-refractivity contribution >= 4 is 11.6 Å². The van der Waals surface area contributed by atoms with E-state index in [1.807, 2.05) is 42.5 Å². The third-order valence-electron chi connectivity index (χ3n) is 4.03. The fourth-order valence-corrected chi connectivity index (χ4v) is 2.83. The SMILES string of the molecule is CON=C1CC(C#N)N(C(=O)c2ccc(-c3ccccc3)cc2)C1. The molecule has 0 bridgehead atoms. The molecule has 1 saturated heterocycles. The lowest BCUT2D eigenvalue weighted by Crippen LogP contribution is -2.34. The first-order chi connectivity index (χ1) is 11.7. The molecule has 1 amide bonds. The van der Waals surface area contributed by atoms with Crippen LogP contribution in [0.15, 0.2) is 59.8 Å². The summed E-state index contributed by atoms with van der Waals surface area (Å²) in [6.45, 7) is 0.325. The van der Waals surface area contributed by atoms with Crippen molar-refractivity contribution < 1.29 is 9.63 Å². The molecule has 5 heteroatoms. The van der Waals surface area contributed by atoms with Gasteiger partial charge in [0.2, 0.25) is 0 Å². The van der Waals surface area contributed by atoms with Gasteiger partial charge in [0.25, 0.3) is 5.91 Å². The first-order valence-corrected chi connectivity index (χ1v) is 7.68. The van der Waals surface area contributed by atoms with Gasteiger partial charge in [0.05, 0.1) is 18.3 Å². The largest absolute Gasteiger partial charge is 0.399 e. The summed E-state index contributed by atoms with van der Waals surface area (Å²) >= 11 is 0. The second-order valence-electron chi connectivity index (χ2n) is 5.57. The third kappa shape index (κ3) is 3.13. The molecule has 1 aliphatic rings. The fraction of sp³-hybridized carbons (Fsp3) is 0.211. The minimum Gasteiger partial charge on any atom is -0.399 e. The van der Waals surface area contributed by atoms with Crippen LogP contribution >= 0.6 is 0 Å². The maximum atomic E-state index is 12.7. The third-order valence-corrected chi connectivity index (χ3v) is 4.03. The van der Waals surface area contributed by atoms with Crippen LogP contribution in [-0.2, 0) is 4.84 Å². The van der Waals surface area contributed by atoms with Crippen molar-refractivity contribution in [2.24, 2.45) is 5.16 Å². The van der Waals surface area contributed by atoms with Crippen molar-refractivity contribution in [1.82, 2.24) is 4.90 Å². The van der Waals surface area contributed by atoms with E-state index < -0.39 is 6.04 Å². The van der Waals surface area contributed by atoms with Crippen molar-refractivity contribution in [2.45, 2.75) is 12.5 Å². The van der Waals surface area contributed by atoms with E-state index in [-0.39, 0.29) is 5.91 Å². The normalized spacial score (nSPS) is 18.4. The second-order valence-corrected chi connectivity index (χ2v) is 5.57. The Balaban J connectivity index is 1.80. The average Bonchev–Trinajstić information content (AvgIpc) is 3.05. The molecule has 1 aliphatic heterocycles. The maximum Gasteiger partial charge on any atom is 0.255 e. The molecular formula is C19H17N3O2. The van der Waals surface area contributed by atoms with Crippen LogP contribution < -0.4 is 0 Å². The molecule has 5 nitrogen and oxygen atoms in total. The average molecular weight is 319 g/mol. The number of hydrogen-bond donors (Lipinski definition) is 0. The van der Waals surface area contributed by atoms with Gasteiger partial charge in [-0.15, -0.1) is 0 Å². The summed E-state index contributed by atoms with van der Waals surface area (Å²) < 4.78 is 0. The van der Waals surface area contributed by atoms with Gasteiger partial charge in [-0.05, 0) is 23.3 Å². The summed E-state index contributed by atoms with van der Waals surface area (Å²) in [5, 5.41) is 13.1. The first-order valence-electron chi connectivity index (χ1n) is 7.68. The predicted molar refractivity (Wildman–Crippen MR) is 91.4 cm³/mol. The standard InChI is InChI=1S/C19H17N3O2/c1-24-21-17-11-18(12-20)22(13-17)19(23)16-9-7-15(8-10-16)14-5-3-2-4-6-14/h2-10,18H,11,13H2,1H3. The molecule has 1 fully saturated rings. The smallest absolute Gasteiger partial charge is 0.255 e. The van der Waals surface area contributed by atoms with Gasteiger partial charge in [-0.1, -0.05) is 47.6 Å². The summed E-state index contributed by atoms with van der Waals surface area (Å²) in [7, 11) is 1.46. The summed E-state index contributed by atoms with van der Waals surface area (Å²) in [6.07, 6.45) is 0.429. The molecule has 1 unspecified atom stereocenters. The summed E-state index contributed by atoms with van der Waals surface area (Å²) in [6, 6.07) is 19.1. The van der Waals surface area contributed by atoms with E-state index in [4.69, 9.17) is 4.84 Å². The van der Waals surface area contributed by atoms with Crippen LogP contribution in [-0.4, -0.2) is 36.2 Å². The van der Waals surface area contributed by atoms with Crippen molar-refractivity contribution in [2.75, 3.05) is 13.7 Å². The van der Waals surface area contributed by atoms with Gasteiger partial charge in [0.15, 0.2) is 0 Å². The Morgan fingerprint density at radius 1 is 1.17 bits per heavy atom. The van der Waals surface area contributed by atoms with E-state index in [1.54, 1.807) is 12.1 Å². The number of carbonyl (C=O) groups excluding carboxylic acids is 1. The molecule has 0 N–H and O–H groups in total. The first kappa shape index (κ1) is 15.8. The number of oxime groups is 1. The number of rotatable bonds is 3. The van der Waals surface area contributed by atoms with Crippen LogP contribution in [0.1, 0.15) is 16.8 Å². The molecule has 1 heterocycles. The number of nitriles is 1. The molecular weight excluding hydrogens is 302 g/mol. The Hall–Kier alpha value is -3.13. The minimum atomic E-state index is -0.500. The molecule has 0 aromatic heterocycles. The number of nitrogens with zero attached hydrogens (tertiary/aromatic N) is 3. The van der Waals surface area contributed by atoms with Gasteiger partial charge in [0.1, 0.15) is 13.2 Å². The maximum absolute atomic E-state index is 12.7. The Morgan fingerprint density at radius 3 is 2.46 bits per heavy atom. The second kappa shape index (κ2) is 6.97. The molecule has 24 heavy (non-hydrogen) atoms. The zero-order valence-electron chi connectivity index (χ0n) is 13.3. The molecule has 3 rings (SSSR count). The van der Waals surface area contributed by atoms with Gasteiger partial charge >= 0.3 is 0 Å². The topological polar surface area (TPSA) is 65.7 Å². The van der Waals surface area contributed by atoms with Crippen molar-refractivity contribution in [1.29, 1.82) is 5.26 Å². The molecule has 2 aromatic rings. The molecule has 2 aromatic carbocycles. The Bertz CT molecular complexity index is 792. The summed E-state index contributed by atoms with van der Waals surface area (Å²) in [4.78, 5) is 19.0. The summed E-state index contributed by atoms with van der Waals surface area (Å²) in [5.74, 6) is -0.164. The highest BCUT2D eigenvalue weighted by Crippen LogP contribution is 2.22. The zero-order valence-corrected chi connectivity index (χ0v) is 13.3. The van der Waals surface area contributed by atoms with E-state index >= 15 is 0 Å². The van der Waals surface area contributed by atoms with E-state index in [2.05, 4.69) is 11.2 Å². The number of hydrogen-bond acceptors (Lipinski definition) is 4. The van der Waals surface area contributed by atoms with Gasteiger partial charge in [0, 0.05) is 12.0 Å². The highest BCUT2D eigenvalue weighted by atomic mass is 16.6. The van der Waals surface area contributed by atoms with E-state index in [9.17, 15) is 10.1 Å². The van der Waals surface area contributed by atoms with Crippen LogP contribution in [0.25, 0.3) is 11.1 Å². The van der Waals surface area contributed by atoms with Crippen molar-refractivity contribution in [3.8, 4) is 17.2 Å². The van der Waals surface area contributed by atoms with Gasteiger partial charge in [-0.3, -0.25) is 4.79 Å². The minimum absolute atomic E-state index is 0.164. The van der Waals surface area contributed by atoms with Crippen molar-refractivity contribution in [3.05, 3.63) is 60.2 Å². The zero-order chi connectivity index (χ0) is 16.9. The van der Waals surface area contributed by atoms with Crippen LogP contribution in [0.2, 0.25) is 0 Å². The number of amides is 1. The molecule has 0 aliphatic carbocycles. The van der Waals surface area contributed by atoms with Gasteiger partial charge in [-0.25, -0.2) is 0 Å². The number of likely N-dealkylation sites (tertiary alicyclic amines) is 1. The van der Waals surface area contributed by atoms with E-state index in [0.717, 1.165) is 11.1 Å².